The van der Waals surface area contributed by atoms with Crippen LogP contribution in [0.1, 0.15) is 17.9 Å². The first-order valence-electron chi connectivity index (χ1n) is 8.71. The molecule has 1 saturated carbocycles. The summed E-state index contributed by atoms with van der Waals surface area (Å²) in [5.74, 6) is 2.03. The number of nitrogens with zero attached hydrogens (tertiary/aromatic N) is 3. The molecule has 0 spiro atoms. The van der Waals surface area contributed by atoms with E-state index in [0.717, 1.165) is 29.2 Å². The van der Waals surface area contributed by atoms with Crippen LogP contribution in [-0.4, -0.2) is 22.7 Å². The molecule has 4 rings (SSSR count). The molecule has 0 N–H and O–H groups in total. The molecule has 2 atom stereocenters. The monoisotopic (exact) mass is 347 g/mol. The lowest BCUT2D eigenvalue weighted by molar-refractivity contribution is -0.119. The highest BCUT2D eigenvalue weighted by Crippen LogP contribution is 2.48. The van der Waals surface area contributed by atoms with Crippen LogP contribution in [0.5, 0.6) is 11.5 Å². The van der Waals surface area contributed by atoms with Gasteiger partial charge in [0.05, 0.1) is 6.20 Å². The molecule has 2 aromatic carbocycles. The molecule has 0 saturated heterocycles. The van der Waals surface area contributed by atoms with E-state index in [9.17, 15) is 4.79 Å². The van der Waals surface area contributed by atoms with Crippen molar-refractivity contribution in [3.63, 3.8) is 0 Å². The molecule has 0 radical (unpaired) electrons. The van der Waals surface area contributed by atoms with Gasteiger partial charge in [-0.05, 0) is 54.3 Å². The minimum Gasteiger partial charge on any atom is -0.457 e. The standard InChI is InChI=1S/C21H21N3O2/c1-23-14-15(13-22-23)19-12-20(19)21(25)24(2)16-8-10-18(11-9-16)26-17-6-4-3-5-7-17/h3-11,13-14,19-20H,12H2,1-2H3/t19-,20+/m0/s1. The molecule has 0 aliphatic heterocycles. The van der Waals surface area contributed by atoms with E-state index in [1.807, 2.05) is 81.1 Å². The van der Waals surface area contributed by atoms with Gasteiger partial charge in [-0.25, -0.2) is 0 Å². The van der Waals surface area contributed by atoms with Crippen molar-refractivity contribution in [2.24, 2.45) is 13.0 Å². The summed E-state index contributed by atoms with van der Waals surface area (Å²) >= 11 is 0. The first-order chi connectivity index (χ1) is 12.6. The van der Waals surface area contributed by atoms with Gasteiger partial charge >= 0.3 is 0 Å². The Balaban J connectivity index is 1.40. The Labute approximate surface area is 152 Å². The average Bonchev–Trinajstić information content (AvgIpc) is 3.35. The second-order valence-corrected chi connectivity index (χ2v) is 6.70. The van der Waals surface area contributed by atoms with Crippen molar-refractivity contribution in [2.45, 2.75) is 12.3 Å². The lowest BCUT2D eigenvalue weighted by atomic mass is 10.2. The number of benzene rings is 2. The first-order valence-corrected chi connectivity index (χ1v) is 8.71. The number of ether oxygens (including phenoxy) is 1. The van der Waals surface area contributed by atoms with Crippen molar-refractivity contribution in [3.8, 4) is 11.5 Å². The fourth-order valence-corrected chi connectivity index (χ4v) is 3.21. The number of carbonyl (C=O) groups is 1. The highest BCUT2D eigenvalue weighted by atomic mass is 16.5. The number of rotatable bonds is 5. The van der Waals surface area contributed by atoms with Crippen LogP contribution < -0.4 is 9.64 Å². The predicted molar refractivity (Wildman–Crippen MR) is 100 cm³/mol. The summed E-state index contributed by atoms with van der Waals surface area (Å²) in [6, 6.07) is 17.2. The minimum absolute atomic E-state index is 0.0458. The third kappa shape index (κ3) is 3.33. The maximum atomic E-state index is 12.7. The van der Waals surface area contributed by atoms with Crippen molar-refractivity contribution in [2.75, 3.05) is 11.9 Å². The summed E-state index contributed by atoms with van der Waals surface area (Å²) in [7, 11) is 3.72. The van der Waals surface area contributed by atoms with E-state index in [4.69, 9.17) is 4.74 Å². The lowest BCUT2D eigenvalue weighted by Gasteiger charge is -2.18. The van der Waals surface area contributed by atoms with Gasteiger partial charge in [-0.1, -0.05) is 18.2 Å². The Morgan fingerprint density at radius 2 is 1.81 bits per heavy atom. The molecular formula is C21H21N3O2. The van der Waals surface area contributed by atoms with Crippen LogP contribution >= 0.6 is 0 Å². The molecule has 1 heterocycles. The van der Waals surface area contributed by atoms with Crippen LogP contribution in [0.3, 0.4) is 0 Å². The largest absolute Gasteiger partial charge is 0.457 e. The Kier molecular flexibility index (Phi) is 4.21. The molecule has 0 unspecified atom stereocenters. The highest BCUT2D eigenvalue weighted by Gasteiger charge is 2.46. The second kappa shape index (κ2) is 6.67. The zero-order valence-electron chi connectivity index (χ0n) is 14.9. The van der Waals surface area contributed by atoms with Gasteiger partial charge in [0.1, 0.15) is 11.5 Å². The smallest absolute Gasteiger partial charge is 0.230 e. The molecule has 1 fully saturated rings. The van der Waals surface area contributed by atoms with E-state index in [1.165, 1.54) is 0 Å². The van der Waals surface area contributed by atoms with Crippen molar-refractivity contribution in [1.29, 1.82) is 0 Å². The number of carbonyl (C=O) groups excluding carboxylic acids is 1. The van der Waals surface area contributed by atoms with E-state index in [1.54, 1.807) is 9.58 Å². The summed E-state index contributed by atoms with van der Waals surface area (Å²) < 4.78 is 7.58. The zero-order chi connectivity index (χ0) is 18.1. The summed E-state index contributed by atoms with van der Waals surface area (Å²) in [6.45, 7) is 0. The number of anilines is 1. The molecule has 3 aromatic rings. The van der Waals surface area contributed by atoms with Crippen LogP contribution in [0.4, 0.5) is 5.69 Å². The Morgan fingerprint density at radius 3 is 2.46 bits per heavy atom. The van der Waals surface area contributed by atoms with E-state index in [0.29, 0.717) is 5.92 Å². The Hall–Kier alpha value is -3.08. The van der Waals surface area contributed by atoms with Gasteiger partial charge in [0.25, 0.3) is 0 Å². The summed E-state index contributed by atoms with van der Waals surface area (Å²) in [5, 5.41) is 4.20. The van der Waals surface area contributed by atoms with E-state index in [2.05, 4.69) is 5.10 Å². The van der Waals surface area contributed by atoms with Crippen LogP contribution in [0.25, 0.3) is 0 Å². The van der Waals surface area contributed by atoms with E-state index >= 15 is 0 Å². The third-order valence-corrected chi connectivity index (χ3v) is 4.79. The molecule has 1 aromatic heterocycles. The second-order valence-electron chi connectivity index (χ2n) is 6.70. The van der Waals surface area contributed by atoms with Crippen molar-refractivity contribution >= 4 is 11.6 Å². The predicted octanol–water partition coefficient (Wildman–Crippen LogP) is 3.98. The van der Waals surface area contributed by atoms with Crippen LogP contribution in [-0.2, 0) is 11.8 Å². The van der Waals surface area contributed by atoms with Gasteiger partial charge in [0, 0.05) is 31.9 Å². The van der Waals surface area contributed by atoms with Crippen LogP contribution in [0.2, 0.25) is 0 Å². The maximum Gasteiger partial charge on any atom is 0.230 e. The highest BCUT2D eigenvalue weighted by molar-refractivity contribution is 5.97. The zero-order valence-corrected chi connectivity index (χ0v) is 14.9. The number of para-hydroxylation sites is 1. The van der Waals surface area contributed by atoms with Crippen LogP contribution in [0, 0.1) is 5.92 Å². The Morgan fingerprint density at radius 1 is 1.12 bits per heavy atom. The molecule has 132 valence electrons. The summed E-state index contributed by atoms with van der Waals surface area (Å²) in [5.41, 5.74) is 2.01. The third-order valence-electron chi connectivity index (χ3n) is 4.79. The molecule has 5 heteroatoms. The van der Waals surface area contributed by atoms with Gasteiger partial charge in [-0.3, -0.25) is 9.48 Å². The average molecular weight is 347 g/mol. The minimum atomic E-state index is 0.0458. The molecule has 5 nitrogen and oxygen atoms in total. The molecule has 1 amide bonds. The molecular weight excluding hydrogens is 326 g/mol. The quantitative estimate of drug-likeness (QED) is 0.701. The molecule has 0 bridgehead atoms. The first kappa shape index (κ1) is 16.4. The van der Waals surface area contributed by atoms with Crippen molar-refractivity contribution < 1.29 is 9.53 Å². The van der Waals surface area contributed by atoms with Crippen LogP contribution in [0.15, 0.2) is 67.0 Å². The van der Waals surface area contributed by atoms with Crippen molar-refractivity contribution in [3.05, 3.63) is 72.6 Å². The topological polar surface area (TPSA) is 47.4 Å². The lowest BCUT2D eigenvalue weighted by Crippen LogP contribution is -2.28. The van der Waals surface area contributed by atoms with Gasteiger partial charge in [0.15, 0.2) is 0 Å². The number of aryl methyl sites for hydroxylation is 1. The van der Waals surface area contributed by atoms with Gasteiger partial charge < -0.3 is 9.64 Å². The number of hydrogen-bond donors (Lipinski definition) is 0. The van der Waals surface area contributed by atoms with Crippen molar-refractivity contribution in [1.82, 2.24) is 9.78 Å². The van der Waals surface area contributed by atoms with Gasteiger partial charge in [-0.2, -0.15) is 5.10 Å². The fraction of sp³-hybridized carbons (Fsp3) is 0.238. The molecule has 1 aliphatic carbocycles. The molecule has 1 aliphatic rings. The fourth-order valence-electron chi connectivity index (χ4n) is 3.21. The number of amides is 1. The summed E-state index contributed by atoms with van der Waals surface area (Å²) in [4.78, 5) is 14.5. The summed E-state index contributed by atoms with van der Waals surface area (Å²) in [6.07, 6.45) is 4.74. The Bertz CT molecular complexity index is 903. The maximum absolute atomic E-state index is 12.7. The van der Waals surface area contributed by atoms with Gasteiger partial charge in [0.2, 0.25) is 5.91 Å². The van der Waals surface area contributed by atoms with E-state index in [-0.39, 0.29) is 11.8 Å². The normalized spacial score (nSPS) is 18.4. The molecule has 26 heavy (non-hydrogen) atoms. The number of aromatic nitrogens is 2. The van der Waals surface area contributed by atoms with Gasteiger partial charge in [-0.15, -0.1) is 0 Å². The SMILES string of the molecule is CN(C(=O)[C@@H]1C[C@H]1c1cnn(C)c1)c1ccc(Oc2ccccc2)cc1. The van der Waals surface area contributed by atoms with E-state index < -0.39 is 0 Å². The number of hydrogen-bond acceptors (Lipinski definition) is 3.